The molecular formula is C21H13FN2O2. The van der Waals surface area contributed by atoms with Crippen LogP contribution in [0.1, 0.15) is 22.9 Å². The topological polar surface area (TPSA) is 48.2 Å². The van der Waals surface area contributed by atoms with Gasteiger partial charge in [-0.3, -0.25) is 0 Å². The normalized spacial score (nSPS) is 13.0. The zero-order valence-electron chi connectivity index (χ0n) is 13.6. The fourth-order valence-electron chi connectivity index (χ4n) is 3.27. The van der Waals surface area contributed by atoms with Crippen molar-refractivity contribution < 1.29 is 13.5 Å². The zero-order valence-corrected chi connectivity index (χ0v) is 13.6. The van der Waals surface area contributed by atoms with Gasteiger partial charge in [0.05, 0.1) is 5.92 Å². The molecule has 1 aromatic heterocycles. The molecule has 0 N–H and O–H groups in total. The standard InChI is InChI=1S/C21H13FN2O2/c22-14-7-5-6-13(12-14)20-23-24-21(26-20)19-15-8-1-3-10-17(15)25-18-11-4-2-9-16(18)19/h1-12,19H. The Morgan fingerprint density at radius 1 is 0.769 bits per heavy atom. The van der Waals surface area contributed by atoms with Crippen LogP contribution >= 0.6 is 0 Å². The second kappa shape index (κ2) is 5.81. The van der Waals surface area contributed by atoms with E-state index in [2.05, 4.69) is 10.2 Å². The smallest absolute Gasteiger partial charge is 0.247 e. The molecule has 0 bridgehead atoms. The highest BCUT2D eigenvalue weighted by Crippen LogP contribution is 2.46. The molecule has 26 heavy (non-hydrogen) atoms. The molecule has 126 valence electrons. The average molecular weight is 344 g/mol. The van der Waals surface area contributed by atoms with Gasteiger partial charge in [0, 0.05) is 16.7 Å². The van der Waals surface area contributed by atoms with Crippen LogP contribution in [0.25, 0.3) is 11.5 Å². The van der Waals surface area contributed by atoms with E-state index in [0.717, 1.165) is 22.6 Å². The molecule has 0 atom stereocenters. The van der Waals surface area contributed by atoms with E-state index in [0.29, 0.717) is 17.3 Å². The minimum absolute atomic E-state index is 0.231. The maximum atomic E-state index is 13.5. The molecule has 0 radical (unpaired) electrons. The van der Waals surface area contributed by atoms with E-state index in [1.165, 1.54) is 12.1 Å². The third-order valence-electron chi connectivity index (χ3n) is 4.44. The van der Waals surface area contributed by atoms with Gasteiger partial charge in [0.15, 0.2) is 0 Å². The highest BCUT2D eigenvalue weighted by atomic mass is 19.1. The van der Waals surface area contributed by atoms with Crippen molar-refractivity contribution in [1.29, 1.82) is 0 Å². The third-order valence-corrected chi connectivity index (χ3v) is 4.44. The number of fused-ring (bicyclic) bond motifs is 2. The number of aromatic nitrogens is 2. The molecule has 2 heterocycles. The predicted molar refractivity (Wildman–Crippen MR) is 93.6 cm³/mol. The molecule has 1 aliphatic heterocycles. The third kappa shape index (κ3) is 2.37. The number of hydrogen-bond acceptors (Lipinski definition) is 4. The summed E-state index contributed by atoms with van der Waals surface area (Å²) in [5, 5.41) is 8.37. The van der Waals surface area contributed by atoms with Crippen LogP contribution in [0.4, 0.5) is 4.39 Å². The summed E-state index contributed by atoms with van der Waals surface area (Å²) in [4.78, 5) is 0. The Kier molecular flexibility index (Phi) is 3.31. The molecule has 0 saturated carbocycles. The van der Waals surface area contributed by atoms with Gasteiger partial charge in [-0.2, -0.15) is 0 Å². The minimum atomic E-state index is -0.344. The summed E-state index contributed by atoms with van der Waals surface area (Å²) in [6, 6.07) is 21.7. The Labute approximate surface area is 148 Å². The van der Waals surface area contributed by atoms with Crippen LogP contribution < -0.4 is 4.74 Å². The van der Waals surface area contributed by atoms with Gasteiger partial charge >= 0.3 is 0 Å². The summed E-state index contributed by atoms with van der Waals surface area (Å²) in [6.07, 6.45) is 0. The second-order valence-corrected chi connectivity index (χ2v) is 6.07. The van der Waals surface area contributed by atoms with Crippen molar-refractivity contribution in [2.24, 2.45) is 0 Å². The van der Waals surface area contributed by atoms with E-state index in [9.17, 15) is 4.39 Å². The maximum Gasteiger partial charge on any atom is 0.247 e. The fraction of sp³-hybridized carbons (Fsp3) is 0.0476. The summed E-state index contributed by atoms with van der Waals surface area (Å²) in [5.74, 6) is 1.70. The molecule has 0 amide bonds. The average Bonchev–Trinajstić information content (AvgIpc) is 3.16. The summed E-state index contributed by atoms with van der Waals surface area (Å²) in [6.45, 7) is 0. The number of nitrogens with zero attached hydrogens (tertiary/aromatic N) is 2. The highest BCUT2D eigenvalue weighted by Gasteiger charge is 2.32. The number of rotatable bonds is 2. The largest absolute Gasteiger partial charge is 0.457 e. The molecule has 4 aromatic rings. The Balaban J connectivity index is 1.65. The minimum Gasteiger partial charge on any atom is -0.457 e. The van der Waals surface area contributed by atoms with Crippen molar-refractivity contribution >= 4 is 0 Å². The lowest BCUT2D eigenvalue weighted by Gasteiger charge is -2.25. The van der Waals surface area contributed by atoms with Crippen LogP contribution in [0.2, 0.25) is 0 Å². The van der Waals surface area contributed by atoms with Gasteiger partial charge in [0.1, 0.15) is 17.3 Å². The molecular weight excluding hydrogens is 331 g/mol. The van der Waals surface area contributed by atoms with Crippen molar-refractivity contribution in [3.8, 4) is 23.0 Å². The van der Waals surface area contributed by atoms with Crippen molar-refractivity contribution in [3.63, 3.8) is 0 Å². The first-order valence-electron chi connectivity index (χ1n) is 8.24. The summed E-state index contributed by atoms with van der Waals surface area (Å²) in [5.41, 5.74) is 2.47. The van der Waals surface area contributed by atoms with Crippen LogP contribution in [-0.4, -0.2) is 10.2 Å². The van der Waals surface area contributed by atoms with Crippen LogP contribution in [0.15, 0.2) is 77.2 Å². The SMILES string of the molecule is Fc1cccc(-c2nnc(C3c4ccccc4Oc4ccccc43)o2)c1. The fourth-order valence-corrected chi connectivity index (χ4v) is 3.27. The quantitative estimate of drug-likeness (QED) is 0.444. The van der Waals surface area contributed by atoms with Crippen molar-refractivity contribution in [2.45, 2.75) is 5.92 Å². The summed E-state index contributed by atoms with van der Waals surface area (Å²) < 4.78 is 25.4. The van der Waals surface area contributed by atoms with Gasteiger partial charge in [-0.25, -0.2) is 4.39 Å². The Bertz CT molecular complexity index is 1060. The Morgan fingerprint density at radius 2 is 1.46 bits per heavy atom. The molecule has 0 saturated heterocycles. The van der Waals surface area contributed by atoms with E-state index in [-0.39, 0.29) is 11.7 Å². The summed E-state index contributed by atoms with van der Waals surface area (Å²) >= 11 is 0. The van der Waals surface area contributed by atoms with Gasteiger partial charge in [-0.15, -0.1) is 10.2 Å². The molecule has 0 spiro atoms. The predicted octanol–water partition coefficient (Wildman–Crippen LogP) is 5.16. The number of benzene rings is 3. The van der Waals surface area contributed by atoms with Crippen LogP contribution in [0.3, 0.4) is 0 Å². The van der Waals surface area contributed by atoms with Crippen LogP contribution in [0.5, 0.6) is 11.5 Å². The number of halogens is 1. The molecule has 5 heteroatoms. The molecule has 4 nitrogen and oxygen atoms in total. The van der Waals surface area contributed by atoms with Gasteiger partial charge in [0.25, 0.3) is 0 Å². The lowest BCUT2D eigenvalue weighted by molar-refractivity contribution is 0.429. The number of para-hydroxylation sites is 2. The van der Waals surface area contributed by atoms with E-state index in [1.54, 1.807) is 12.1 Å². The first-order valence-corrected chi connectivity index (χ1v) is 8.24. The van der Waals surface area contributed by atoms with Crippen LogP contribution in [0, 0.1) is 5.82 Å². The first kappa shape index (κ1) is 14.8. The van der Waals surface area contributed by atoms with E-state index in [4.69, 9.17) is 9.15 Å². The first-order chi connectivity index (χ1) is 12.8. The van der Waals surface area contributed by atoms with Gasteiger partial charge in [-0.05, 0) is 30.3 Å². The maximum absolute atomic E-state index is 13.5. The lowest BCUT2D eigenvalue weighted by Crippen LogP contribution is -2.11. The van der Waals surface area contributed by atoms with Gasteiger partial charge in [-0.1, -0.05) is 42.5 Å². The Morgan fingerprint density at radius 3 is 2.15 bits per heavy atom. The highest BCUT2D eigenvalue weighted by molar-refractivity contribution is 5.57. The van der Waals surface area contributed by atoms with Crippen molar-refractivity contribution in [3.05, 3.63) is 95.6 Å². The van der Waals surface area contributed by atoms with E-state index < -0.39 is 0 Å². The molecule has 0 fully saturated rings. The zero-order chi connectivity index (χ0) is 17.5. The molecule has 1 aliphatic rings. The van der Waals surface area contributed by atoms with Gasteiger partial charge < -0.3 is 9.15 Å². The lowest BCUT2D eigenvalue weighted by atomic mass is 9.88. The number of ether oxygens (including phenoxy) is 1. The van der Waals surface area contributed by atoms with Crippen LogP contribution in [-0.2, 0) is 0 Å². The second-order valence-electron chi connectivity index (χ2n) is 6.07. The Hall–Kier alpha value is -3.47. The molecule has 0 unspecified atom stereocenters. The van der Waals surface area contributed by atoms with Gasteiger partial charge in [0.2, 0.25) is 11.8 Å². The van der Waals surface area contributed by atoms with Crippen molar-refractivity contribution in [1.82, 2.24) is 10.2 Å². The molecule has 0 aliphatic carbocycles. The summed E-state index contributed by atoms with van der Waals surface area (Å²) in [7, 11) is 0. The molecule has 3 aromatic carbocycles. The van der Waals surface area contributed by atoms with E-state index in [1.807, 2.05) is 48.5 Å². The number of hydrogen-bond donors (Lipinski definition) is 0. The molecule has 5 rings (SSSR count). The van der Waals surface area contributed by atoms with E-state index >= 15 is 0 Å². The van der Waals surface area contributed by atoms with Crippen molar-refractivity contribution in [2.75, 3.05) is 0 Å². The monoisotopic (exact) mass is 344 g/mol.